The number of hydrogen-bond acceptors (Lipinski definition) is 3. The lowest BCUT2D eigenvalue weighted by Crippen LogP contribution is -2.43. The maximum absolute atomic E-state index is 11.9. The van der Waals surface area contributed by atoms with Crippen LogP contribution in [-0.4, -0.2) is 67.2 Å². The molecule has 0 spiro atoms. The van der Waals surface area contributed by atoms with E-state index in [1.54, 1.807) is 4.90 Å². The van der Waals surface area contributed by atoms with Crippen molar-refractivity contribution in [3.05, 3.63) is 0 Å². The van der Waals surface area contributed by atoms with Crippen LogP contribution < -0.4 is 5.32 Å². The van der Waals surface area contributed by atoms with Gasteiger partial charge in [0.15, 0.2) is 0 Å². The Morgan fingerprint density at radius 1 is 1.42 bits per heavy atom. The van der Waals surface area contributed by atoms with Crippen molar-refractivity contribution in [2.45, 2.75) is 26.2 Å². The van der Waals surface area contributed by atoms with Crippen molar-refractivity contribution >= 4 is 12.0 Å². The minimum Gasteiger partial charge on any atom is -0.481 e. The fourth-order valence-corrected chi connectivity index (χ4v) is 2.51. The third-order valence-corrected chi connectivity index (χ3v) is 3.66. The number of carbonyl (C=O) groups excluding carboxylic acids is 1. The Bertz CT molecular complexity index is 333. The highest BCUT2D eigenvalue weighted by molar-refractivity contribution is 5.79. The highest BCUT2D eigenvalue weighted by Gasteiger charge is 2.45. The van der Waals surface area contributed by atoms with Crippen LogP contribution in [0.5, 0.6) is 0 Å². The highest BCUT2D eigenvalue weighted by atomic mass is 16.4. The number of carbonyl (C=O) groups is 2. The van der Waals surface area contributed by atoms with E-state index in [4.69, 9.17) is 0 Å². The first-order valence-corrected chi connectivity index (χ1v) is 6.82. The molecule has 1 aliphatic heterocycles. The van der Waals surface area contributed by atoms with E-state index < -0.39 is 11.4 Å². The van der Waals surface area contributed by atoms with Crippen LogP contribution >= 0.6 is 0 Å². The molecule has 6 nitrogen and oxygen atoms in total. The summed E-state index contributed by atoms with van der Waals surface area (Å²) in [6.45, 7) is 4.18. The van der Waals surface area contributed by atoms with Gasteiger partial charge in [-0.15, -0.1) is 0 Å². The molecule has 1 saturated heterocycles. The molecule has 2 N–H and O–H groups in total. The largest absolute Gasteiger partial charge is 0.481 e. The molecule has 1 heterocycles. The summed E-state index contributed by atoms with van der Waals surface area (Å²) in [4.78, 5) is 27.0. The fourth-order valence-electron chi connectivity index (χ4n) is 2.51. The minimum atomic E-state index is -0.780. The van der Waals surface area contributed by atoms with Crippen LogP contribution in [0.1, 0.15) is 26.2 Å². The summed E-state index contributed by atoms with van der Waals surface area (Å²) in [5.74, 6) is -0.780. The molecule has 0 radical (unpaired) electrons. The number of aliphatic carboxylic acids is 1. The first-order chi connectivity index (χ1) is 8.91. The molecule has 19 heavy (non-hydrogen) atoms. The summed E-state index contributed by atoms with van der Waals surface area (Å²) < 4.78 is 0. The van der Waals surface area contributed by atoms with Crippen molar-refractivity contribution in [1.29, 1.82) is 0 Å². The summed E-state index contributed by atoms with van der Waals surface area (Å²) in [5, 5.41) is 12.2. The molecule has 0 aliphatic carbocycles. The van der Waals surface area contributed by atoms with Gasteiger partial charge in [0.1, 0.15) is 0 Å². The highest BCUT2D eigenvalue weighted by Crippen LogP contribution is 2.35. The quantitative estimate of drug-likeness (QED) is 0.750. The Morgan fingerprint density at radius 2 is 2.11 bits per heavy atom. The zero-order chi connectivity index (χ0) is 14.5. The maximum atomic E-state index is 11.9. The lowest BCUT2D eigenvalue weighted by molar-refractivity contribution is -0.148. The Kier molecular flexibility index (Phi) is 5.60. The van der Waals surface area contributed by atoms with Crippen LogP contribution in [0.3, 0.4) is 0 Å². The number of likely N-dealkylation sites (N-methyl/N-ethyl adjacent to an activating group) is 1. The summed E-state index contributed by atoms with van der Waals surface area (Å²) in [5.41, 5.74) is -0.742. The minimum absolute atomic E-state index is 0.152. The van der Waals surface area contributed by atoms with Crippen LogP contribution in [0.4, 0.5) is 4.79 Å². The van der Waals surface area contributed by atoms with Crippen LogP contribution in [-0.2, 0) is 4.79 Å². The molecule has 1 aliphatic rings. The molecule has 0 bridgehead atoms. The van der Waals surface area contributed by atoms with E-state index in [0.29, 0.717) is 32.5 Å². The van der Waals surface area contributed by atoms with Gasteiger partial charge in [0.25, 0.3) is 0 Å². The predicted molar refractivity (Wildman–Crippen MR) is 73.1 cm³/mol. The van der Waals surface area contributed by atoms with E-state index in [2.05, 4.69) is 5.32 Å². The molecule has 1 fully saturated rings. The summed E-state index contributed by atoms with van der Waals surface area (Å²) in [6, 6.07) is -0.152. The number of rotatable bonds is 6. The van der Waals surface area contributed by atoms with Gasteiger partial charge in [0.05, 0.1) is 5.41 Å². The number of nitrogens with zero attached hydrogens (tertiary/aromatic N) is 2. The molecular formula is C13H25N3O3. The molecule has 1 rings (SSSR count). The van der Waals surface area contributed by atoms with E-state index in [0.717, 1.165) is 13.0 Å². The average Bonchev–Trinajstić information content (AvgIpc) is 2.74. The van der Waals surface area contributed by atoms with E-state index in [1.165, 1.54) is 0 Å². The number of amides is 2. The first-order valence-electron chi connectivity index (χ1n) is 6.82. The monoisotopic (exact) mass is 271 g/mol. The van der Waals surface area contributed by atoms with Crippen molar-refractivity contribution in [2.24, 2.45) is 5.41 Å². The first kappa shape index (κ1) is 15.8. The average molecular weight is 271 g/mol. The number of nitrogens with one attached hydrogen (secondary N) is 1. The molecular weight excluding hydrogens is 246 g/mol. The third-order valence-electron chi connectivity index (χ3n) is 3.66. The van der Waals surface area contributed by atoms with Gasteiger partial charge in [-0.25, -0.2) is 4.79 Å². The Balaban J connectivity index is 2.49. The van der Waals surface area contributed by atoms with Gasteiger partial charge >= 0.3 is 12.0 Å². The molecule has 1 atom stereocenters. The van der Waals surface area contributed by atoms with Gasteiger partial charge in [-0.3, -0.25) is 4.79 Å². The Labute approximate surface area is 114 Å². The molecule has 0 aromatic rings. The van der Waals surface area contributed by atoms with Gasteiger partial charge in [-0.1, -0.05) is 13.3 Å². The van der Waals surface area contributed by atoms with Crippen molar-refractivity contribution < 1.29 is 14.7 Å². The number of hydrogen-bond donors (Lipinski definition) is 2. The van der Waals surface area contributed by atoms with Crippen molar-refractivity contribution in [3.63, 3.8) is 0 Å². The molecule has 110 valence electrons. The second-order valence-corrected chi connectivity index (χ2v) is 5.54. The third kappa shape index (κ3) is 4.09. The van der Waals surface area contributed by atoms with Crippen LogP contribution in [0.15, 0.2) is 0 Å². The smallest absolute Gasteiger partial charge is 0.317 e. The molecule has 0 saturated carbocycles. The van der Waals surface area contributed by atoms with Crippen LogP contribution in [0.25, 0.3) is 0 Å². The zero-order valence-corrected chi connectivity index (χ0v) is 12.1. The van der Waals surface area contributed by atoms with E-state index in [1.807, 2.05) is 25.9 Å². The standard InChI is InChI=1S/C13H25N3O3/c1-4-5-13(11(17)18)6-8-16(10-13)12(19)14-7-9-15(2)3/h4-10H2,1-3H3,(H,14,19)(H,17,18). The molecule has 0 aromatic heterocycles. The Morgan fingerprint density at radius 3 is 2.63 bits per heavy atom. The van der Waals surface area contributed by atoms with E-state index in [-0.39, 0.29) is 6.03 Å². The maximum Gasteiger partial charge on any atom is 0.317 e. The SMILES string of the molecule is CCCC1(C(=O)O)CCN(C(=O)NCCN(C)C)C1. The molecule has 0 aromatic carbocycles. The van der Waals surface area contributed by atoms with Gasteiger partial charge in [0, 0.05) is 26.2 Å². The summed E-state index contributed by atoms with van der Waals surface area (Å²) in [6.07, 6.45) is 2.00. The topological polar surface area (TPSA) is 72.9 Å². The molecule has 1 unspecified atom stereocenters. The van der Waals surface area contributed by atoms with E-state index >= 15 is 0 Å². The van der Waals surface area contributed by atoms with Gasteiger partial charge in [-0.05, 0) is 26.9 Å². The van der Waals surface area contributed by atoms with Gasteiger partial charge < -0.3 is 20.2 Å². The lowest BCUT2D eigenvalue weighted by atomic mass is 9.83. The second-order valence-electron chi connectivity index (χ2n) is 5.54. The van der Waals surface area contributed by atoms with Crippen molar-refractivity contribution in [2.75, 3.05) is 40.3 Å². The number of carboxylic acids is 1. The van der Waals surface area contributed by atoms with Crippen molar-refractivity contribution in [3.8, 4) is 0 Å². The fraction of sp³-hybridized carbons (Fsp3) is 0.846. The van der Waals surface area contributed by atoms with Crippen LogP contribution in [0.2, 0.25) is 0 Å². The van der Waals surface area contributed by atoms with Gasteiger partial charge in [0.2, 0.25) is 0 Å². The molecule has 6 heteroatoms. The number of carboxylic acid groups (broad SMARTS) is 1. The lowest BCUT2D eigenvalue weighted by Gasteiger charge is -2.24. The number of urea groups is 1. The van der Waals surface area contributed by atoms with Crippen LogP contribution in [0, 0.1) is 5.41 Å². The normalized spacial score (nSPS) is 22.8. The summed E-state index contributed by atoms with van der Waals surface area (Å²) in [7, 11) is 3.89. The van der Waals surface area contributed by atoms with E-state index in [9.17, 15) is 14.7 Å². The predicted octanol–water partition coefficient (Wildman–Crippen LogP) is 0.834. The van der Waals surface area contributed by atoms with Crippen molar-refractivity contribution in [1.82, 2.24) is 15.1 Å². The zero-order valence-electron chi connectivity index (χ0n) is 12.1. The Hall–Kier alpha value is -1.30. The molecule has 2 amide bonds. The van der Waals surface area contributed by atoms with Gasteiger partial charge in [-0.2, -0.15) is 0 Å². The second kappa shape index (κ2) is 6.75. The number of likely N-dealkylation sites (tertiary alicyclic amines) is 1. The summed E-state index contributed by atoms with van der Waals surface area (Å²) >= 11 is 0.